The van der Waals surface area contributed by atoms with Gasteiger partial charge in [-0.15, -0.1) is 0 Å². The van der Waals surface area contributed by atoms with E-state index in [-0.39, 0.29) is 5.92 Å². The topological polar surface area (TPSA) is 20.3 Å². The van der Waals surface area contributed by atoms with Gasteiger partial charge in [0.25, 0.3) is 0 Å². The lowest BCUT2D eigenvalue weighted by Crippen LogP contribution is -2.39. The normalized spacial score (nSPS) is 20.8. The fourth-order valence-electron chi connectivity index (χ4n) is 2.44. The lowest BCUT2D eigenvalue weighted by atomic mass is 9.78. The highest BCUT2D eigenvalue weighted by Crippen LogP contribution is 2.33. The molecule has 1 saturated heterocycles. The number of likely N-dealkylation sites (tertiary alicyclic amines) is 1. The molecule has 1 fully saturated rings. The molecule has 0 N–H and O–H groups in total. The summed E-state index contributed by atoms with van der Waals surface area (Å²) in [5.41, 5.74) is 0.574. The first-order valence-electron chi connectivity index (χ1n) is 7.22. The Morgan fingerprint density at radius 1 is 1.29 bits per heavy atom. The van der Waals surface area contributed by atoms with Gasteiger partial charge in [-0.25, -0.2) is 0 Å². The van der Waals surface area contributed by atoms with Crippen molar-refractivity contribution in [1.29, 1.82) is 0 Å². The van der Waals surface area contributed by atoms with Crippen LogP contribution in [0.25, 0.3) is 0 Å². The minimum atomic E-state index is 0.208. The summed E-state index contributed by atoms with van der Waals surface area (Å²) >= 11 is 0. The summed E-state index contributed by atoms with van der Waals surface area (Å²) in [6, 6.07) is 0. The van der Waals surface area contributed by atoms with Crippen LogP contribution in [-0.2, 0) is 4.79 Å². The Morgan fingerprint density at radius 2 is 1.88 bits per heavy atom. The fourth-order valence-corrected chi connectivity index (χ4v) is 2.44. The van der Waals surface area contributed by atoms with Gasteiger partial charge in [0.1, 0.15) is 5.78 Å². The SMILES string of the molecule is CCC1(C)CCN(CCCC(=O)C(C)C)CC1. The van der Waals surface area contributed by atoms with Crippen LogP contribution in [-0.4, -0.2) is 30.3 Å². The molecule has 0 unspecified atom stereocenters. The van der Waals surface area contributed by atoms with Crippen LogP contribution in [0.2, 0.25) is 0 Å². The third kappa shape index (κ3) is 4.79. The molecule has 0 bridgehead atoms. The van der Waals surface area contributed by atoms with Gasteiger partial charge < -0.3 is 4.90 Å². The number of rotatable bonds is 6. The van der Waals surface area contributed by atoms with E-state index in [9.17, 15) is 4.79 Å². The Hall–Kier alpha value is -0.370. The molecule has 0 aliphatic carbocycles. The molecule has 1 aliphatic rings. The van der Waals surface area contributed by atoms with E-state index in [4.69, 9.17) is 0 Å². The quantitative estimate of drug-likeness (QED) is 0.707. The number of nitrogens with zero attached hydrogens (tertiary/aromatic N) is 1. The van der Waals surface area contributed by atoms with Gasteiger partial charge in [0.05, 0.1) is 0 Å². The van der Waals surface area contributed by atoms with E-state index in [2.05, 4.69) is 18.7 Å². The van der Waals surface area contributed by atoms with Crippen LogP contribution in [0.5, 0.6) is 0 Å². The summed E-state index contributed by atoms with van der Waals surface area (Å²) in [6.45, 7) is 12.3. The second kappa shape index (κ2) is 6.53. The molecule has 1 aliphatic heterocycles. The zero-order valence-corrected chi connectivity index (χ0v) is 12.1. The van der Waals surface area contributed by atoms with Gasteiger partial charge in [0.15, 0.2) is 0 Å². The molecule has 17 heavy (non-hydrogen) atoms. The Kier molecular flexibility index (Phi) is 5.64. The van der Waals surface area contributed by atoms with Gasteiger partial charge in [-0.2, -0.15) is 0 Å². The monoisotopic (exact) mass is 239 g/mol. The van der Waals surface area contributed by atoms with Crippen molar-refractivity contribution in [2.75, 3.05) is 19.6 Å². The fraction of sp³-hybridized carbons (Fsp3) is 0.933. The molecule has 1 rings (SSSR count). The number of hydrogen-bond acceptors (Lipinski definition) is 2. The minimum Gasteiger partial charge on any atom is -0.303 e. The Bertz CT molecular complexity index is 239. The number of ketones is 1. The number of hydrogen-bond donors (Lipinski definition) is 0. The van der Waals surface area contributed by atoms with Crippen molar-refractivity contribution < 1.29 is 4.79 Å². The zero-order valence-electron chi connectivity index (χ0n) is 12.1. The maximum Gasteiger partial charge on any atom is 0.135 e. The molecule has 100 valence electrons. The van der Waals surface area contributed by atoms with Crippen LogP contribution in [0.4, 0.5) is 0 Å². The van der Waals surface area contributed by atoms with Crippen LogP contribution in [0.3, 0.4) is 0 Å². The lowest BCUT2D eigenvalue weighted by molar-refractivity contribution is -0.122. The van der Waals surface area contributed by atoms with Crippen LogP contribution >= 0.6 is 0 Å². The van der Waals surface area contributed by atoms with E-state index in [1.807, 2.05) is 13.8 Å². The summed E-state index contributed by atoms with van der Waals surface area (Å²) < 4.78 is 0. The largest absolute Gasteiger partial charge is 0.303 e. The molecule has 0 atom stereocenters. The van der Waals surface area contributed by atoms with Gasteiger partial charge in [-0.1, -0.05) is 34.1 Å². The molecule has 2 heteroatoms. The van der Waals surface area contributed by atoms with E-state index >= 15 is 0 Å². The van der Waals surface area contributed by atoms with Crippen molar-refractivity contribution >= 4 is 5.78 Å². The summed E-state index contributed by atoms with van der Waals surface area (Å²) in [7, 11) is 0. The van der Waals surface area contributed by atoms with E-state index in [0.29, 0.717) is 11.2 Å². The number of carbonyl (C=O) groups is 1. The first kappa shape index (κ1) is 14.7. The van der Waals surface area contributed by atoms with Crippen molar-refractivity contribution in [1.82, 2.24) is 4.90 Å². The van der Waals surface area contributed by atoms with Crippen molar-refractivity contribution in [3.8, 4) is 0 Å². The third-order valence-corrected chi connectivity index (χ3v) is 4.46. The van der Waals surface area contributed by atoms with Gasteiger partial charge in [-0.3, -0.25) is 4.79 Å². The predicted octanol–water partition coefficient (Wildman–Crippen LogP) is 3.50. The molecular weight excluding hydrogens is 210 g/mol. The summed E-state index contributed by atoms with van der Waals surface area (Å²) in [5.74, 6) is 0.625. The molecular formula is C15H29NO. The van der Waals surface area contributed by atoms with E-state index in [0.717, 1.165) is 19.4 Å². The predicted molar refractivity (Wildman–Crippen MR) is 73.2 cm³/mol. The van der Waals surface area contributed by atoms with Gasteiger partial charge in [0, 0.05) is 12.3 Å². The van der Waals surface area contributed by atoms with Crippen molar-refractivity contribution in [3.05, 3.63) is 0 Å². The van der Waals surface area contributed by atoms with E-state index in [1.165, 1.54) is 32.4 Å². The van der Waals surface area contributed by atoms with Crippen LogP contribution < -0.4 is 0 Å². The van der Waals surface area contributed by atoms with Crippen LogP contribution in [0.1, 0.15) is 59.8 Å². The van der Waals surface area contributed by atoms with Crippen molar-refractivity contribution in [3.63, 3.8) is 0 Å². The minimum absolute atomic E-state index is 0.208. The second-order valence-electron chi connectivity index (χ2n) is 6.23. The third-order valence-electron chi connectivity index (χ3n) is 4.46. The smallest absolute Gasteiger partial charge is 0.135 e. The summed E-state index contributed by atoms with van der Waals surface area (Å²) in [6.07, 6.45) is 5.75. The summed E-state index contributed by atoms with van der Waals surface area (Å²) in [4.78, 5) is 14.0. The number of carbonyl (C=O) groups excluding carboxylic acids is 1. The molecule has 0 radical (unpaired) electrons. The Labute approximate surface area is 107 Å². The van der Waals surface area contributed by atoms with Gasteiger partial charge >= 0.3 is 0 Å². The maximum atomic E-state index is 11.5. The molecule has 0 amide bonds. The standard InChI is InChI=1S/C15H29NO/c1-5-15(4)8-11-16(12-9-15)10-6-7-14(17)13(2)3/h13H,5-12H2,1-4H3. The molecule has 2 nitrogen and oxygen atoms in total. The molecule has 0 aromatic heterocycles. The zero-order chi connectivity index (χ0) is 12.9. The van der Waals surface area contributed by atoms with Crippen LogP contribution in [0, 0.1) is 11.3 Å². The van der Waals surface area contributed by atoms with Crippen molar-refractivity contribution in [2.45, 2.75) is 59.8 Å². The molecule has 0 saturated carbocycles. The van der Waals surface area contributed by atoms with Crippen LogP contribution in [0.15, 0.2) is 0 Å². The first-order chi connectivity index (χ1) is 7.97. The number of piperidine rings is 1. The molecule has 0 aromatic rings. The summed E-state index contributed by atoms with van der Waals surface area (Å²) in [5, 5.41) is 0. The van der Waals surface area contributed by atoms with E-state index < -0.39 is 0 Å². The van der Waals surface area contributed by atoms with E-state index in [1.54, 1.807) is 0 Å². The second-order valence-corrected chi connectivity index (χ2v) is 6.23. The maximum absolute atomic E-state index is 11.5. The lowest BCUT2D eigenvalue weighted by Gasteiger charge is -2.38. The number of Topliss-reactive ketones (excluding diaryl/α,β-unsaturated/α-hetero) is 1. The van der Waals surface area contributed by atoms with Gasteiger partial charge in [0.2, 0.25) is 0 Å². The molecule has 0 spiro atoms. The Balaban J connectivity index is 2.17. The van der Waals surface area contributed by atoms with Gasteiger partial charge in [-0.05, 0) is 44.3 Å². The Morgan fingerprint density at radius 3 is 2.35 bits per heavy atom. The highest BCUT2D eigenvalue weighted by atomic mass is 16.1. The average molecular weight is 239 g/mol. The highest BCUT2D eigenvalue weighted by molar-refractivity contribution is 5.80. The average Bonchev–Trinajstić information content (AvgIpc) is 2.31. The first-order valence-corrected chi connectivity index (χ1v) is 7.22. The molecule has 0 aromatic carbocycles. The van der Waals surface area contributed by atoms with Crippen molar-refractivity contribution in [2.24, 2.45) is 11.3 Å². The highest BCUT2D eigenvalue weighted by Gasteiger charge is 2.27. The molecule has 1 heterocycles.